The van der Waals surface area contributed by atoms with Crippen LogP contribution in [-0.4, -0.2) is 26.2 Å². The van der Waals surface area contributed by atoms with E-state index in [1.807, 2.05) is 0 Å². The lowest BCUT2D eigenvalue weighted by Gasteiger charge is -2.10. The molecule has 94 valence electrons. The van der Waals surface area contributed by atoms with E-state index in [0.29, 0.717) is 11.5 Å². The zero-order valence-electron chi connectivity index (χ0n) is 10.2. The number of esters is 1. The molecule has 5 nitrogen and oxygen atoms in total. The number of hydrogen-bond donors (Lipinski definition) is 1. The van der Waals surface area contributed by atoms with Gasteiger partial charge in [-0.15, -0.1) is 0 Å². The number of rotatable bonds is 5. The summed E-state index contributed by atoms with van der Waals surface area (Å²) in [7, 11) is 3.11. The zero-order valence-corrected chi connectivity index (χ0v) is 10.2. The summed E-state index contributed by atoms with van der Waals surface area (Å²) in [6.07, 6.45) is 0. The molecule has 0 aromatic heterocycles. The first-order valence-electron chi connectivity index (χ1n) is 5.21. The van der Waals surface area contributed by atoms with E-state index in [0.717, 1.165) is 5.56 Å². The molecule has 1 aromatic rings. The maximum Gasteiger partial charge on any atom is 0.322 e. The molecule has 1 rings (SSSR count). The SMILES string of the molecule is COc1ccc(COC(=O)C(C)N)cc1OC. The number of carbonyl (C=O) groups excluding carboxylic acids is 1. The predicted molar refractivity (Wildman–Crippen MR) is 63.0 cm³/mol. The highest BCUT2D eigenvalue weighted by Gasteiger charge is 2.10. The monoisotopic (exact) mass is 239 g/mol. The van der Waals surface area contributed by atoms with Crippen molar-refractivity contribution in [3.05, 3.63) is 23.8 Å². The summed E-state index contributed by atoms with van der Waals surface area (Å²) in [5.74, 6) is 0.802. The Hall–Kier alpha value is -1.75. The fourth-order valence-electron chi connectivity index (χ4n) is 1.26. The molecule has 0 saturated heterocycles. The molecule has 0 radical (unpaired) electrons. The van der Waals surface area contributed by atoms with Crippen molar-refractivity contribution >= 4 is 5.97 Å². The van der Waals surface area contributed by atoms with Gasteiger partial charge in [-0.1, -0.05) is 6.07 Å². The quantitative estimate of drug-likeness (QED) is 0.779. The second kappa shape index (κ2) is 6.10. The summed E-state index contributed by atoms with van der Waals surface area (Å²) in [5.41, 5.74) is 6.20. The van der Waals surface area contributed by atoms with Crippen LogP contribution in [0.3, 0.4) is 0 Å². The molecule has 0 heterocycles. The second-order valence-electron chi connectivity index (χ2n) is 3.59. The van der Waals surface area contributed by atoms with Gasteiger partial charge in [0.15, 0.2) is 11.5 Å². The Morgan fingerprint density at radius 3 is 2.47 bits per heavy atom. The van der Waals surface area contributed by atoms with E-state index >= 15 is 0 Å². The lowest BCUT2D eigenvalue weighted by molar-refractivity contribution is -0.146. The first kappa shape index (κ1) is 13.3. The van der Waals surface area contributed by atoms with Crippen molar-refractivity contribution in [1.29, 1.82) is 0 Å². The Balaban J connectivity index is 2.69. The summed E-state index contributed by atoms with van der Waals surface area (Å²) in [5, 5.41) is 0. The maximum atomic E-state index is 11.2. The Bertz CT molecular complexity index is 390. The fraction of sp³-hybridized carbons (Fsp3) is 0.417. The number of carbonyl (C=O) groups is 1. The molecule has 0 spiro atoms. The molecule has 0 bridgehead atoms. The van der Waals surface area contributed by atoms with Crippen LogP contribution in [0.2, 0.25) is 0 Å². The van der Waals surface area contributed by atoms with Crippen molar-refractivity contribution in [1.82, 2.24) is 0 Å². The normalized spacial score (nSPS) is 11.8. The highest BCUT2D eigenvalue weighted by Crippen LogP contribution is 2.27. The molecule has 2 N–H and O–H groups in total. The summed E-state index contributed by atoms with van der Waals surface area (Å²) in [6, 6.07) is 4.70. The molecule has 0 aliphatic heterocycles. The van der Waals surface area contributed by atoms with Crippen LogP contribution >= 0.6 is 0 Å². The predicted octanol–water partition coefficient (Wildman–Crippen LogP) is 1.09. The highest BCUT2D eigenvalue weighted by atomic mass is 16.5. The van der Waals surface area contributed by atoms with Crippen molar-refractivity contribution in [2.24, 2.45) is 5.73 Å². The Labute approximate surface area is 100 Å². The fourth-order valence-corrected chi connectivity index (χ4v) is 1.26. The van der Waals surface area contributed by atoms with Gasteiger partial charge < -0.3 is 19.9 Å². The van der Waals surface area contributed by atoms with Crippen LogP contribution in [0.4, 0.5) is 0 Å². The Morgan fingerprint density at radius 1 is 1.29 bits per heavy atom. The van der Waals surface area contributed by atoms with Gasteiger partial charge in [-0.05, 0) is 24.6 Å². The molecular weight excluding hydrogens is 222 g/mol. The van der Waals surface area contributed by atoms with Gasteiger partial charge in [-0.2, -0.15) is 0 Å². The van der Waals surface area contributed by atoms with E-state index in [-0.39, 0.29) is 6.61 Å². The van der Waals surface area contributed by atoms with Crippen LogP contribution in [0.25, 0.3) is 0 Å². The minimum atomic E-state index is -0.616. The number of hydrogen-bond acceptors (Lipinski definition) is 5. The van der Waals surface area contributed by atoms with E-state index in [4.69, 9.17) is 19.9 Å². The molecule has 0 aliphatic carbocycles. The van der Waals surface area contributed by atoms with Gasteiger partial charge in [0.1, 0.15) is 12.6 Å². The molecule has 5 heteroatoms. The van der Waals surface area contributed by atoms with Crippen molar-refractivity contribution in [3.63, 3.8) is 0 Å². The first-order valence-corrected chi connectivity index (χ1v) is 5.21. The third-order valence-corrected chi connectivity index (χ3v) is 2.20. The number of methoxy groups -OCH3 is 2. The third kappa shape index (κ3) is 3.64. The van der Waals surface area contributed by atoms with Crippen LogP contribution in [0.15, 0.2) is 18.2 Å². The standard InChI is InChI=1S/C12H17NO4/c1-8(13)12(14)17-7-9-4-5-10(15-2)11(6-9)16-3/h4-6,8H,7,13H2,1-3H3. The summed E-state index contributed by atoms with van der Waals surface area (Å²) in [6.45, 7) is 1.75. The van der Waals surface area contributed by atoms with Crippen LogP contribution in [0, 0.1) is 0 Å². The largest absolute Gasteiger partial charge is 0.493 e. The van der Waals surface area contributed by atoms with Gasteiger partial charge in [0.2, 0.25) is 0 Å². The summed E-state index contributed by atoms with van der Waals surface area (Å²) >= 11 is 0. The number of nitrogens with two attached hydrogens (primary N) is 1. The topological polar surface area (TPSA) is 70.8 Å². The van der Waals surface area contributed by atoms with E-state index in [1.165, 1.54) is 0 Å². The lowest BCUT2D eigenvalue weighted by Crippen LogP contribution is -2.28. The molecule has 0 amide bonds. The zero-order chi connectivity index (χ0) is 12.8. The summed E-state index contributed by atoms with van der Waals surface area (Å²) in [4.78, 5) is 11.2. The van der Waals surface area contributed by atoms with Crippen LogP contribution < -0.4 is 15.2 Å². The Morgan fingerprint density at radius 2 is 1.94 bits per heavy atom. The lowest BCUT2D eigenvalue weighted by atomic mass is 10.2. The van der Waals surface area contributed by atoms with Gasteiger partial charge in [0.05, 0.1) is 14.2 Å². The van der Waals surface area contributed by atoms with Crippen LogP contribution in [0.5, 0.6) is 11.5 Å². The maximum absolute atomic E-state index is 11.2. The summed E-state index contributed by atoms with van der Waals surface area (Å²) < 4.78 is 15.2. The molecule has 1 atom stereocenters. The van der Waals surface area contributed by atoms with Crippen LogP contribution in [0.1, 0.15) is 12.5 Å². The van der Waals surface area contributed by atoms with Crippen molar-refractivity contribution < 1.29 is 19.0 Å². The van der Waals surface area contributed by atoms with Crippen LogP contribution in [-0.2, 0) is 16.1 Å². The first-order chi connectivity index (χ1) is 8.08. The molecule has 1 unspecified atom stereocenters. The molecule has 0 saturated carbocycles. The average Bonchev–Trinajstić information content (AvgIpc) is 2.35. The van der Waals surface area contributed by atoms with E-state index in [2.05, 4.69) is 0 Å². The van der Waals surface area contributed by atoms with Gasteiger partial charge in [-0.25, -0.2) is 0 Å². The second-order valence-corrected chi connectivity index (χ2v) is 3.59. The minimum Gasteiger partial charge on any atom is -0.493 e. The Kier molecular flexibility index (Phi) is 4.78. The number of ether oxygens (including phenoxy) is 3. The third-order valence-electron chi connectivity index (χ3n) is 2.20. The molecular formula is C12H17NO4. The van der Waals surface area contributed by atoms with Gasteiger partial charge in [-0.3, -0.25) is 4.79 Å². The molecule has 1 aromatic carbocycles. The van der Waals surface area contributed by atoms with E-state index < -0.39 is 12.0 Å². The van der Waals surface area contributed by atoms with E-state index in [1.54, 1.807) is 39.3 Å². The van der Waals surface area contributed by atoms with Crippen molar-refractivity contribution in [3.8, 4) is 11.5 Å². The smallest absolute Gasteiger partial charge is 0.322 e. The average molecular weight is 239 g/mol. The molecule has 0 fully saturated rings. The molecule has 0 aliphatic rings. The van der Waals surface area contributed by atoms with Gasteiger partial charge >= 0.3 is 5.97 Å². The van der Waals surface area contributed by atoms with Crippen molar-refractivity contribution in [2.45, 2.75) is 19.6 Å². The highest BCUT2D eigenvalue weighted by molar-refractivity contribution is 5.74. The molecule has 17 heavy (non-hydrogen) atoms. The number of benzene rings is 1. The van der Waals surface area contributed by atoms with Crippen molar-refractivity contribution in [2.75, 3.05) is 14.2 Å². The van der Waals surface area contributed by atoms with Gasteiger partial charge in [0, 0.05) is 0 Å². The van der Waals surface area contributed by atoms with E-state index in [9.17, 15) is 4.79 Å². The minimum absolute atomic E-state index is 0.167. The van der Waals surface area contributed by atoms with Gasteiger partial charge in [0.25, 0.3) is 0 Å².